The number of benzene rings is 1. The smallest absolute Gasteiger partial charge is 0.338 e. The van der Waals surface area contributed by atoms with Crippen molar-refractivity contribution < 1.29 is 14.0 Å². The van der Waals surface area contributed by atoms with E-state index in [-0.39, 0.29) is 22.7 Å². The number of hydrogen-bond acceptors (Lipinski definition) is 3. The van der Waals surface area contributed by atoms with Crippen LogP contribution in [0.5, 0.6) is 0 Å². The SMILES string of the molecule is CC1(O[Si](C)(C)C(C)(C)C)CC(OC(=O)c2ccccc2)C1. The fraction of sp³-hybridized carbons (Fsp3) is 0.611. The van der Waals surface area contributed by atoms with Crippen molar-refractivity contribution >= 4 is 14.3 Å². The normalized spacial score (nSPS) is 25.5. The van der Waals surface area contributed by atoms with Gasteiger partial charge < -0.3 is 9.16 Å². The van der Waals surface area contributed by atoms with Crippen LogP contribution in [-0.2, 0) is 9.16 Å². The van der Waals surface area contributed by atoms with Crippen molar-refractivity contribution in [2.24, 2.45) is 0 Å². The zero-order chi connectivity index (χ0) is 16.6. The van der Waals surface area contributed by atoms with E-state index in [0.717, 1.165) is 12.8 Å². The zero-order valence-electron chi connectivity index (χ0n) is 14.6. The van der Waals surface area contributed by atoms with Gasteiger partial charge in [-0.15, -0.1) is 0 Å². The van der Waals surface area contributed by atoms with Gasteiger partial charge >= 0.3 is 5.97 Å². The second kappa shape index (κ2) is 5.82. The number of rotatable bonds is 4. The summed E-state index contributed by atoms with van der Waals surface area (Å²) in [6.45, 7) is 13.4. The molecule has 0 spiro atoms. The van der Waals surface area contributed by atoms with Gasteiger partial charge in [0.05, 0.1) is 11.2 Å². The van der Waals surface area contributed by atoms with E-state index in [4.69, 9.17) is 9.16 Å². The Balaban J connectivity index is 1.88. The average molecular weight is 321 g/mol. The standard InChI is InChI=1S/C18H28O3Si/c1-17(2,3)22(5,6)21-18(4)12-15(13-18)20-16(19)14-10-8-7-9-11-14/h7-11,15H,12-13H2,1-6H3. The van der Waals surface area contributed by atoms with Gasteiger partial charge in [-0.1, -0.05) is 39.0 Å². The summed E-state index contributed by atoms with van der Waals surface area (Å²) in [7, 11) is -1.78. The van der Waals surface area contributed by atoms with E-state index >= 15 is 0 Å². The van der Waals surface area contributed by atoms with Crippen LogP contribution in [-0.4, -0.2) is 26.0 Å². The van der Waals surface area contributed by atoms with Crippen molar-refractivity contribution in [3.8, 4) is 0 Å². The van der Waals surface area contributed by atoms with Crippen molar-refractivity contribution in [2.45, 2.75) is 70.4 Å². The van der Waals surface area contributed by atoms with Crippen molar-refractivity contribution in [2.75, 3.05) is 0 Å². The average Bonchev–Trinajstić information content (AvgIpc) is 2.36. The molecule has 0 radical (unpaired) electrons. The molecule has 0 atom stereocenters. The zero-order valence-corrected chi connectivity index (χ0v) is 15.6. The molecule has 1 aromatic rings. The lowest BCUT2D eigenvalue weighted by Gasteiger charge is -2.51. The van der Waals surface area contributed by atoms with E-state index in [0.29, 0.717) is 5.56 Å². The van der Waals surface area contributed by atoms with Gasteiger partial charge in [-0.2, -0.15) is 0 Å². The Hall–Kier alpha value is -1.13. The number of esters is 1. The fourth-order valence-electron chi connectivity index (χ4n) is 2.63. The molecule has 1 aromatic carbocycles. The minimum Gasteiger partial charge on any atom is -0.459 e. The van der Waals surface area contributed by atoms with Crippen LogP contribution >= 0.6 is 0 Å². The first-order valence-electron chi connectivity index (χ1n) is 7.99. The van der Waals surface area contributed by atoms with E-state index in [1.807, 2.05) is 18.2 Å². The maximum absolute atomic E-state index is 12.0. The molecule has 1 saturated carbocycles. The summed E-state index contributed by atoms with van der Waals surface area (Å²) >= 11 is 0. The highest BCUT2D eigenvalue weighted by molar-refractivity contribution is 6.74. The van der Waals surface area contributed by atoms with Crippen LogP contribution in [0.3, 0.4) is 0 Å². The van der Waals surface area contributed by atoms with Gasteiger partial charge in [0.25, 0.3) is 0 Å². The summed E-state index contributed by atoms with van der Waals surface area (Å²) in [5, 5.41) is 0.196. The molecular formula is C18H28O3Si. The molecule has 122 valence electrons. The van der Waals surface area contributed by atoms with E-state index in [9.17, 15) is 4.79 Å². The lowest BCUT2D eigenvalue weighted by atomic mass is 9.79. The summed E-state index contributed by atoms with van der Waals surface area (Å²) in [4.78, 5) is 12.0. The van der Waals surface area contributed by atoms with E-state index in [1.165, 1.54) is 0 Å². The predicted molar refractivity (Wildman–Crippen MR) is 91.6 cm³/mol. The number of carbonyl (C=O) groups is 1. The van der Waals surface area contributed by atoms with Crippen molar-refractivity contribution in [1.29, 1.82) is 0 Å². The Morgan fingerprint density at radius 1 is 1.18 bits per heavy atom. The van der Waals surface area contributed by atoms with E-state index < -0.39 is 8.32 Å². The van der Waals surface area contributed by atoms with E-state index in [2.05, 4.69) is 40.8 Å². The highest BCUT2D eigenvalue weighted by Gasteiger charge is 2.50. The molecule has 1 aliphatic rings. The van der Waals surface area contributed by atoms with Crippen LogP contribution in [0.4, 0.5) is 0 Å². The topological polar surface area (TPSA) is 35.5 Å². The predicted octanol–water partition coefficient (Wildman–Crippen LogP) is 4.79. The first kappa shape index (κ1) is 17.2. The van der Waals surface area contributed by atoms with Crippen molar-refractivity contribution in [3.63, 3.8) is 0 Å². The number of ether oxygens (including phenoxy) is 1. The second-order valence-corrected chi connectivity index (χ2v) is 12.8. The fourth-order valence-corrected chi connectivity index (χ4v) is 4.34. The van der Waals surface area contributed by atoms with Gasteiger partial charge in [-0.05, 0) is 37.2 Å². The molecule has 3 nitrogen and oxygen atoms in total. The largest absolute Gasteiger partial charge is 0.459 e. The lowest BCUT2D eigenvalue weighted by Crippen LogP contribution is -2.56. The summed E-state index contributed by atoms with van der Waals surface area (Å²) in [6.07, 6.45) is 1.55. The number of carbonyl (C=O) groups excluding carboxylic acids is 1. The molecule has 0 aromatic heterocycles. The molecule has 0 bridgehead atoms. The third kappa shape index (κ3) is 3.79. The quantitative estimate of drug-likeness (QED) is 0.591. The van der Waals surface area contributed by atoms with Gasteiger partial charge in [-0.25, -0.2) is 4.79 Å². The first-order chi connectivity index (χ1) is 10.0. The molecule has 0 aliphatic heterocycles. The Morgan fingerprint density at radius 2 is 1.73 bits per heavy atom. The summed E-state index contributed by atoms with van der Waals surface area (Å²) < 4.78 is 12.1. The van der Waals surface area contributed by atoms with Gasteiger partial charge in [0.15, 0.2) is 8.32 Å². The second-order valence-electron chi connectivity index (χ2n) is 8.11. The van der Waals surface area contributed by atoms with E-state index in [1.54, 1.807) is 12.1 Å². The molecule has 0 saturated heterocycles. The van der Waals surface area contributed by atoms with Crippen LogP contribution in [0.2, 0.25) is 18.1 Å². The molecule has 0 amide bonds. The molecule has 4 heteroatoms. The molecule has 0 heterocycles. The third-order valence-corrected chi connectivity index (χ3v) is 9.53. The van der Waals surface area contributed by atoms with Crippen molar-refractivity contribution in [3.05, 3.63) is 35.9 Å². The minimum absolute atomic E-state index is 0.0255. The highest BCUT2D eigenvalue weighted by Crippen LogP contribution is 2.45. The molecular weight excluding hydrogens is 292 g/mol. The molecule has 1 aliphatic carbocycles. The Kier molecular flexibility index (Phi) is 4.55. The van der Waals surface area contributed by atoms with Crippen LogP contribution in [0, 0.1) is 0 Å². The van der Waals surface area contributed by atoms with Gasteiger partial charge in [0.1, 0.15) is 6.10 Å². The Bertz CT molecular complexity index is 525. The lowest BCUT2D eigenvalue weighted by molar-refractivity contribution is -0.0979. The molecule has 22 heavy (non-hydrogen) atoms. The molecule has 0 unspecified atom stereocenters. The maximum atomic E-state index is 12.0. The molecule has 1 fully saturated rings. The number of hydrogen-bond donors (Lipinski definition) is 0. The molecule has 2 rings (SSSR count). The Morgan fingerprint density at radius 3 is 2.23 bits per heavy atom. The van der Waals surface area contributed by atoms with Crippen LogP contribution < -0.4 is 0 Å². The summed E-state index contributed by atoms with van der Waals surface area (Å²) in [5.41, 5.74) is 0.464. The first-order valence-corrected chi connectivity index (χ1v) is 10.9. The summed E-state index contributed by atoms with van der Waals surface area (Å²) in [6, 6.07) is 9.16. The monoisotopic (exact) mass is 320 g/mol. The molecule has 0 N–H and O–H groups in total. The van der Waals surface area contributed by atoms with Crippen molar-refractivity contribution in [1.82, 2.24) is 0 Å². The third-order valence-electron chi connectivity index (χ3n) is 4.91. The summed E-state index contributed by atoms with van der Waals surface area (Å²) in [5.74, 6) is -0.236. The maximum Gasteiger partial charge on any atom is 0.338 e. The van der Waals surface area contributed by atoms with Crippen LogP contribution in [0.15, 0.2) is 30.3 Å². The Labute approximate surface area is 135 Å². The van der Waals surface area contributed by atoms with Gasteiger partial charge in [-0.3, -0.25) is 0 Å². The minimum atomic E-state index is -1.78. The van der Waals surface area contributed by atoms with Gasteiger partial charge in [0.2, 0.25) is 0 Å². The van der Waals surface area contributed by atoms with Gasteiger partial charge in [0, 0.05) is 12.8 Å². The van der Waals surface area contributed by atoms with Crippen LogP contribution in [0.25, 0.3) is 0 Å². The van der Waals surface area contributed by atoms with Crippen LogP contribution in [0.1, 0.15) is 50.9 Å². The highest BCUT2D eigenvalue weighted by atomic mass is 28.4.